The normalized spacial score (nSPS) is 11.1. The number of hydrogen-bond donors (Lipinski definition) is 1. The Morgan fingerprint density at radius 1 is 1.31 bits per heavy atom. The molecule has 0 spiro atoms. The molecule has 5 heteroatoms. The van der Waals surface area contributed by atoms with E-state index in [-0.39, 0.29) is 0 Å². The molecule has 0 aliphatic carbocycles. The molecular formula is C11H11N5. The predicted octanol–water partition coefficient (Wildman–Crippen LogP) is 1.67. The Morgan fingerprint density at radius 3 is 2.94 bits per heavy atom. The van der Waals surface area contributed by atoms with Gasteiger partial charge in [-0.05, 0) is 13.0 Å². The molecule has 3 heterocycles. The number of pyridine rings is 1. The SMILES string of the molecule is Cc1nc(-c2cnn(C)c2)cc2[nH]ncc12. The standard InChI is InChI=1S/C11H11N5/c1-7-9-5-12-15-11(9)3-10(14-7)8-4-13-16(2)6-8/h3-6H,1-2H3,(H,12,15). The van der Waals surface area contributed by atoms with Crippen LogP contribution in [0.4, 0.5) is 0 Å². The Hall–Kier alpha value is -2.17. The van der Waals surface area contributed by atoms with Crippen molar-refractivity contribution in [1.29, 1.82) is 0 Å². The molecule has 0 fully saturated rings. The van der Waals surface area contributed by atoms with Gasteiger partial charge < -0.3 is 0 Å². The topological polar surface area (TPSA) is 59.4 Å². The van der Waals surface area contributed by atoms with E-state index in [1.807, 2.05) is 32.4 Å². The fourth-order valence-electron chi connectivity index (χ4n) is 1.81. The maximum atomic E-state index is 4.54. The molecule has 0 aromatic carbocycles. The second-order valence-electron chi connectivity index (χ2n) is 3.83. The summed E-state index contributed by atoms with van der Waals surface area (Å²) < 4.78 is 1.77. The lowest BCUT2D eigenvalue weighted by atomic mass is 10.2. The molecule has 0 atom stereocenters. The van der Waals surface area contributed by atoms with Crippen LogP contribution < -0.4 is 0 Å². The fourth-order valence-corrected chi connectivity index (χ4v) is 1.81. The van der Waals surface area contributed by atoms with E-state index in [4.69, 9.17) is 0 Å². The van der Waals surface area contributed by atoms with Crippen molar-refractivity contribution in [3.8, 4) is 11.3 Å². The van der Waals surface area contributed by atoms with Crippen LogP contribution in [0.15, 0.2) is 24.7 Å². The lowest BCUT2D eigenvalue weighted by Crippen LogP contribution is -1.87. The molecule has 80 valence electrons. The monoisotopic (exact) mass is 213 g/mol. The molecule has 1 N–H and O–H groups in total. The summed E-state index contributed by atoms with van der Waals surface area (Å²) in [5.41, 5.74) is 3.92. The molecular weight excluding hydrogens is 202 g/mol. The van der Waals surface area contributed by atoms with Gasteiger partial charge in [-0.1, -0.05) is 0 Å². The number of nitrogens with zero attached hydrogens (tertiary/aromatic N) is 4. The van der Waals surface area contributed by atoms with E-state index in [0.29, 0.717) is 0 Å². The Bertz CT molecular complexity index is 649. The first-order valence-corrected chi connectivity index (χ1v) is 5.04. The molecule has 0 aliphatic rings. The summed E-state index contributed by atoms with van der Waals surface area (Å²) in [4.78, 5) is 4.54. The minimum atomic E-state index is 0.919. The third kappa shape index (κ3) is 1.29. The molecule has 0 radical (unpaired) electrons. The summed E-state index contributed by atoms with van der Waals surface area (Å²) >= 11 is 0. The van der Waals surface area contributed by atoms with Gasteiger partial charge in [-0.15, -0.1) is 0 Å². The Balaban J connectivity index is 2.24. The van der Waals surface area contributed by atoms with Crippen LogP contribution in [-0.4, -0.2) is 25.0 Å². The van der Waals surface area contributed by atoms with Gasteiger partial charge in [0.05, 0.1) is 23.6 Å². The van der Waals surface area contributed by atoms with Crippen LogP contribution in [0.1, 0.15) is 5.69 Å². The zero-order chi connectivity index (χ0) is 11.1. The first-order valence-electron chi connectivity index (χ1n) is 5.04. The van der Waals surface area contributed by atoms with E-state index < -0.39 is 0 Å². The van der Waals surface area contributed by atoms with Crippen molar-refractivity contribution in [3.63, 3.8) is 0 Å². The van der Waals surface area contributed by atoms with Crippen molar-refractivity contribution in [3.05, 3.63) is 30.4 Å². The highest BCUT2D eigenvalue weighted by Gasteiger charge is 2.07. The molecule has 0 saturated heterocycles. The van der Waals surface area contributed by atoms with Crippen LogP contribution in [0, 0.1) is 6.92 Å². The second kappa shape index (κ2) is 3.16. The van der Waals surface area contributed by atoms with E-state index in [9.17, 15) is 0 Å². The van der Waals surface area contributed by atoms with E-state index in [1.165, 1.54) is 0 Å². The number of rotatable bonds is 1. The fraction of sp³-hybridized carbons (Fsp3) is 0.182. The smallest absolute Gasteiger partial charge is 0.0758 e. The number of fused-ring (bicyclic) bond motifs is 1. The second-order valence-corrected chi connectivity index (χ2v) is 3.83. The zero-order valence-electron chi connectivity index (χ0n) is 9.10. The highest BCUT2D eigenvalue weighted by atomic mass is 15.2. The highest BCUT2D eigenvalue weighted by Crippen LogP contribution is 2.22. The summed E-state index contributed by atoms with van der Waals surface area (Å²) in [6.07, 6.45) is 5.55. The van der Waals surface area contributed by atoms with Gasteiger partial charge in [0.2, 0.25) is 0 Å². The first-order chi connectivity index (χ1) is 7.74. The van der Waals surface area contributed by atoms with Crippen molar-refractivity contribution in [1.82, 2.24) is 25.0 Å². The van der Waals surface area contributed by atoms with Gasteiger partial charge in [0.25, 0.3) is 0 Å². The van der Waals surface area contributed by atoms with Gasteiger partial charge in [-0.25, -0.2) is 0 Å². The molecule has 16 heavy (non-hydrogen) atoms. The highest BCUT2D eigenvalue weighted by molar-refractivity contribution is 5.83. The lowest BCUT2D eigenvalue weighted by Gasteiger charge is -2.00. The third-order valence-corrected chi connectivity index (χ3v) is 2.63. The minimum Gasteiger partial charge on any atom is -0.278 e. The number of nitrogens with one attached hydrogen (secondary N) is 1. The van der Waals surface area contributed by atoms with Crippen molar-refractivity contribution in [2.24, 2.45) is 7.05 Å². The van der Waals surface area contributed by atoms with Crippen molar-refractivity contribution >= 4 is 10.9 Å². The lowest BCUT2D eigenvalue weighted by molar-refractivity contribution is 0.768. The van der Waals surface area contributed by atoms with Gasteiger partial charge in [0, 0.05) is 29.9 Å². The predicted molar refractivity (Wildman–Crippen MR) is 60.8 cm³/mol. The average Bonchev–Trinajstić information content (AvgIpc) is 2.85. The van der Waals surface area contributed by atoms with Crippen LogP contribution in [0.3, 0.4) is 0 Å². The maximum Gasteiger partial charge on any atom is 0.0758 e. The summed E-state index contributed by atoms with van der Waals surface area (Å²) in [7, 11) is 1.89. The quantitative estimate of drug-likeness (QED) is 0.668. The molecule has 3 aromatic heterocycles. The Labute approximate surface area is 92.1 Å². The summed E-state index contributed by atoms with van der Waals surface area (Å²) in [5.74, 6) is 0. The molecule has 5 nitrogen and oxygen atoms in total. The minimum absolute atomic E-state index is 0.919. The van der Waals surface area contributed by atoms with Crippen molar-refractivity contribution in [2.45, 2.75) is 6.92 Å². The van der Waals surface area contributed by atoms with Gasteiger partial charge in [-0.2, -0.15) is 10.2 Å². The van der Waals surface area contributed by atoms with E-state index in [0.717, 1.165) is 27.9 Å². The van der Waals surface area contributed by atoms with Crippen LogP contribution in [0.2, 0.25) is 0 Å². The third-order valence-electron chi connectivity index (χ3n) is 2.63. The van der Waals surface area contributed by atoms with Crippen molar-refractivity contribution in [2.75, 3.05) is 0 Å². The Morgan fingerprint density at radius 2 is 2.19 bits per heavy atom. The summed E-state index contributed by atoms with van der Waals surface area (Å²) in [5, 5.41) is 12.2. The van der Waals surface area contributed by atoms with E-state index in [1.54, 1.807) is 10.9 Å². The van der Waals surface area contributed by atoms with E-state index >= 15 is 0 Å². The van der Waals surface area contributed by atoms with Gasteiger partial charge >= 0.3 is 0 Å². The molecule has 0 saturated carbocycles. The summed E-state index contributed by atoms with van der Waals surface area (Å²) in [6, 6.07) is 1.99. The number of aromatic amines is 1. The average molecular weight is 213 g/mol. The molecule has 3 rings (SSSR count). The van der Waals surface area contributed by atoms with Crippen LogP contribution in [0.5, 0.6) is 0 Å². The maximum absolute atomic E-state index is 4.54. The number of hydrogen-bond acceptors (Lipinski definition) is 3. The number of aryl methyl sites for hydroxylation is 2. The first kappa shape index (κ1) is 9.08. The zero-order valence-corrected chi connectivity index (χ0v) is 9.10. The van der Waals surface area contributed by atoms with Gasteiger partial charge in [0.15, 0.2) is 0 Å². The Kier molecular flexibility index (Phi) is 1.80. The molecule has 0 bridgehead atoms. The van der Waals surface area contributed by atoms with Crippen LogP contribution in [-0.2, 0) is 7.05 Å². The van der Waals surface area contributed by atoms with E-state index in [2.05, 4.69) is 20.3 Å². The molecule has 3 aromatic rings. The largest absolute Gasteiger partial charge is 0.278 e. The number of aromatic nitrogens is 5. The summed E-state index contributed by atoms with van der Waals surface area (Å²) in [6.45, 7) is 1.98. The van der Waals surface area contributed by atoms with Crippen molar-refractivity contribution < 1.29 is 0 Å². The number of H-pyrrole nitrogens is 1. The van der Waals surface area contributed by atoms with Gasteiger partial charge in [0.1, 0.15) is 0 Å². The molecule has 0 aliphatic heterocycles. The van der Waals surface area contributed by atoms with Crippen LogP contribution in [0.25, 0.3) is 22.2 Å². The van der Waals surface area contributed by atoms with Crippen LogP contribution >= 0.6 is 0 Å². The van der Waals surface area contributed by atoms with Gasteiger partial charge in [-0.3, -0.25) is 14.8 Å². The molecule has 0 unspecified atom stereocenters. The molecule has 0 amide bonds.